The van der Waals surface area contributed by atoms with E-state index in [-0.39, 0.29) is 0 Å². The highest BCUT2D eigenvalue weighted by Gasteiger charge is 2.11. The average molecular weight is 324 g/mol. The number of hydrogen-bond acceptors (Lipinski definition) is 6. The van der Waals surface area contributed by atoms with Gasteiger partial charge >= 0.3 is 0 Å². The third-order valence-electron chi connectivity index (χ3n) is 3.21. The van der Waals surface area contributed by atoms with Gasteiger partial charge in [0.05, 0.1) is 12.0 Å². The Kier molecular flexibility index (Phi) is 3.69. The van der Waals surface area contributed by atoms with Gasteiger partial charge in [-0.25, -0.2) is 4.68 Å². The highest BCUT2D eigenvalue weighted by atomic mass is 32.2. The maximum Gasteiger partial charge on any atom is 0.284 e. The molecule has 6 nitrogen and oxygen atoms in total. The first-order valence-electron chi connectivity index (χ1n) is 6.98. The molecule has 0 atom stereocenters. The fraction of sp³-hybridized carbons (Fsp3) is 0.0625. The average Bonchev–Trinajstić information content (AvgIpc) is 3.35. The number of rotatable bonds is 5. The quantitative estimate of drug-likeness (QED) is 0.520. The molecule has 0 fully saturated rings. The summed E-state index contributed by atoms with van der Waals surface area (Å²) >= 11 is 1.49. The highest BCUT2D eigenvalue weighted by molar-refractivity contribution is 7.98. The lowest BCUT2D eigenvalue weighted by molar-refractivity contribution is 0.447. The van der Waals surface area contributed by atoms with Gasteiger partial charge in [0.1, 0.15) is 0 Å². The molecular weight excluding hydrogens is 312 g/mol. The Hall–Kier alpha value is -2.80. The summed E-state index contributed by atoms with van der Waals surface area (Å²) in [5.74, 6) is 1.72. The van der Waals surface area contributed by atoms with Gasteiger partial charge in [0.15, 0.2) is 5.76 Å². The van der Waals surface area contributed by atoms with Gasteiger partial charge in [0.25, 0.3) is 11.1 Å². The molecule has 3 aromatic heterocycles. The maximum absolute atomic E-state index is 5.57. The highest BCUT2D eigenvalue weighted by Crippen LogP contribution is 2.26. The summed E-state index contributed by atoms with van der Waals surface area (Å²) in [5, 5.41) is 12.7. The van der Waals surface area contributed by atoms with Gasteiger partial charge in [-0.15, -0.1) is 10.2 Å². The molecule has 1 aromatic carbocycles. The topological polar surface area (TPSA) is 69.9 Å². The molecule has 23 heavy (non-hydrogen) atoms. The lowest BCUT2D eigenvalue weighted by atomic mass is 10.2. The predicted molar refractivity (Wildman–Crippen MR) is 85.1 cm³/mol. The molecule has 114 valence electrons. The van der Waals surface area contributed by atoms with Gasteiger partial charge in [-0.3, -0.25) is 0 Å². The van der Waals surface area contributed by atoms with Crippen molar-refractivity contribution in [2.75, 3.05) is 0 Å². The zero-order chi connectivity index (χ0) is 15.5. The van der Waals surface area contributed by atoms with Crippen molar-refractivity contribution in [3.05, 3.63) is 66.7 Å². The van der Waals surface area contributed by atoms with Crippen LogP contribution in [0.5, 0.6) is 0 Å². The van der Waals surface area contributed by atoms with Gasteiger partial charge in [-0.1, -0.05) is 23.9 Å². The summed E-state index contributed by atoms with van der Waals surface area (Å²) in [5.41, 5.74) is 2.20. The molecule has 4 aromatic rings. The molecule has 0 radical (unpaired) electrons. The third kappa shape index (κ3) is 3.04. The molecule has 0 saturated carbocycles. The van der Waals surface area contributed by atoms with Gasteiger partial charge in [-0.05, 0) is 35.9 Å². The molecule has 0 N–H and O–H groups in total. The standard InChI is InChI=1S/C16H12N4O2S/c1-3-14(21-10-1)15-18-19-16(22-15)23-11-12-4-6-13(7-5-12)20-9-2-8-17-20/h1-10H,11H2. The Labute approximate surface area is 136 Å². The fourth-order valence-electron chi connectivity index (χ4n) is 2.08. The first-order valence-corrected chi connectivity index (χ1v) is 7.96. The summed E-state index contributed by atoms with van der Waals surface area (Å²) in [7, 11) is 0. The zero-order valence-corrected chi connectivity index (χ0v) is 12.8. The van der Waals surface area contributed by atoms with E-state index in [1.165, 1.54) is 17.3 Å². The second-order valence-corrected chi connectivity index (χ2v) is 5.68. The monoisotopic (exact) mass is 324 g/mol. The van der Waals surface area contributed by atoms with Gasteiger partial charge < -0.3 is 8.83 Å². The predicted octanol–water partition coefficient (Wildman–Crippen LogP) is 3.81. The largest absolute Gasteiger partial charge is 0.459 e. The van der Waals surface area contributed by atoms with Gasteiger partial charge in [0.2, 0.25) is 0 Å². The summed E-state index contributed by atoms with van der Waals surface area (Å²) in [4.78, 5) is 0. The van der Waals surface area contributed by atoms with Crippen LogP contribution in [0.25, 0.3) is 17.3 Å². The van der Waals surface area contributed by atoms with E-state index in [0.717, 1.165) is 11.4 Å². The van der Waals surface area contributed by atoms with Crippen molar-refractivity contribution in [2.45, 2.75) is 11.0 Å². The fourth-order valence-corrected chi connectivity index (χ4v) is 2.80. The maximum atomic E-state index is 5.57. The first kappa shape index (κ1) is 13.8. The Bertz CT molecular complexity index is 867. The van der Waals surface area contributed by atoms with Crippen molar-refractivity contribution in [1.82, 2.24) is 20.0 Å². The lowest BCUT2D eigenvalue weighted by Gasteiger charge is -2.03. The third-order valence-corrected chi connectivity index (χ3v) is 4.10. The molecule has 0 aliphatic heterocycles. The van der Waals surface area contributed by atoms with Crippen molar-refractivity contribution >= 4 is 11.8 Å². The van der Waals surface area contributed by atoms with E-state index >= 15 is 0 Å². The van der Waals surface area contributed by atoms with Crippen molar-refractivity contribution < 1.29 is 8.83 Å². The summed E-state index contributed by atoms with van der Waals surface area (Å²) < 4.78 is 12.6. The molecule has 0 saturated heterocycles. The van der Waals surface area contributed by atoms with E-state index in [9.17, 15) is 0 Å². The molecule has 7 heteroatoms. The number of hydrogen-bond donors (Lipinski definition) is 0. The van der Waals surface area contributed by atoms with E-state index in [4.69, 9.17) is 8.83 Å². The van der Waals surface area contributed by atoms with Crippen LogP contribution < -0.4 is 0 Å². The molecule has 0 aliphatic rings. The Morgan fingerprint density at radius 2 is 1.96 bits per heavy atom. The van der Waals surface area contributed by atoms with Crippen LogP contribution in [-0.2, 0) is 5.75 Å². The van der Waals surface area contributed by atoms with E-state index in [2.05, 4.69) is 27.4 Å². The van der Waals surface area contributed by atoms with Crippen LogP contribution in [0.15, 0.2) is 75.2 Å². The number of thioether (sulfide) groups is 1. The SMILES string of the molecule is c1coc(-c2nnc(SCc3ccc(-n4cccn4)cc3)o2)c1. The Morgan fingerprint density at radius 1 is 1.04 bits per heavy atom. The lowest BCUT2D eigenvalue weighted by Crippen LogP contribution is -1.93. The molecule has 0 amide bonds. The minimum Gasteiger partial charge on any atom is -0.459 e. The van der Waals surface area contributed by atoms with Crippen LogP contribution in [0.2, 0.25) is 0 Å². The summed E-state index contributed by atoms with van der Waals surface area (Å²) in [6, 6.07) is 13.7. The molecule has 3 heterocycles. The Balaban J connectivity index is 1.41. The molecule has 0 unspecified atom stereocenters. The van der Waals surface area contributed by atoms with E-state index in [1.54, 1.807) is 24.6 Å². The number of benzene rings is 1. The number of nitrogens with zero attached hydrogens (tertiary/aromatic N) is 4. The van der Waals surface area contributed by atoms with Gasteiger partial charge in [0, 0.05) is 18.1 Å². The molecule has 0 bridgehead atoms. The van der Waals surface area contributed by atoms with Crippen LogP contribution in [0.4, 0.5) is 0 Å². The summed E-state index contributed by atoms with van der Waals surface area (Å²) in [6.45, 7) is 0. The zero-order valence-electron chi connectivity index (χ0n) is 12.0. The van der Waals surface area contributed by atoms with Crippen LogP contribution in [0.3, 0.4) is 0 Å². The molecule has 0 spiro atoms. The van der Waals surface area contributed by atoms with Crippen molar-refractivity contribution in [2.24, 2.45) is 0 Å². The van der Waals surface area contributed by atoms with Crippen molar-refractivity contribution in [3.8, 4) is 17.3 Å². The minimum absolute atomic E-state index is 0.395. The van der Waals surface area contributed by atoms with E-state index < -0.39 is 0 Å². The second kappa shape index (κ2) is 6.13. The van der Waals surface area contributed by atoms with Crippen LogP contribution in [-0.4, -0.2) is 20.0 Å². The van der Waals surface area contributed by atoms with E-state index in [0.29, 0.717) is 16.9 Å². The van der Waals surface area contributed by atoms with Crippen molar-refractivity contribution in [3.63, 3.8) is 0 Å². The van der Waals surface area contributed by atoms with Crippen LogP contribution >= 0.6 is 11.8 Å². The van der Waals surface area contributed by atoms with Crippen molar-refractivity contribution in [1.29, 1.82) is 0 Å². The van der Waals surface area contributed by atoms with E-state index in [1.807, 2.05) is 29.1 Å². The number of furan rings is 1. The normalized spacial score (nSPS) is 11.0. The number of aromatic nitrogens is 4. The summed E-state index contributed by atoms with van der Waals surface area (Å²) in [6.07, 6.45) is 5.25. The second-order valence-electron chi connectivity index (χ2n) is 4.76. The van der Waals surface area contributed by atoms with Crippen LogP contribution in [0, 0.1) is 0 Å². The minimum atomic E-state index is 0.395. The van der Waals surface area contributed by atoms with Gasteiger partial charge in [-0.2, -0.15) is 5.10 Å². The Morgan fingerprint density at radius 3 is 2.70 bits per heavy atom. The molecule has 4 rings (SSSR count). The smallest absolute Gasteiger partial charge is 0.284 e. The molecule has 0 aliphatic carbocycles. The first-order chi connectivity index (χ1) is 11.4. The van der Waals surface area contributed by atoms with Crippen LogP contribution in [0.1, 0.15) is 5.56 Å². The molecular formula is C16H12N4O2S.